The predicted molar refractivity (Wildman–Crippen MR) is 85.6 cm³/mol. The van der Waals surface area contributed by atoms with Gasteiger partial charge in [0.2, 0.25) is 5.91 Å². The van der Waals surface area contributed by atoms with Gasteiger partial charge in [0.25, 0.3) is 0 Å². The number of aromatic nitrogens is 2. The van der Waals surface area contributed by atoms with Gasteiger partial charge in [0.05, 0.1) is 31.0 Å². The van der Waals surface area contributed by atoms with E-state index < -0.39 is 0 Å². The Hall–Kier alpha value is -1.40. The molecular weight excluding hydrogens is 280 g/mol. The first kappa shape index (κ1) is 17.0. The SMILES string of the molecule is Cc1cnn(C[C@H](C)N[C@H](C)C(=O)N2C[C@@H](C)O[C@@H](C)C2)c1. The Bertz CT molecular complexity index is 492. The largest absolute Gasteiger partial charge is 0.372 e. The maximum atomic E-state index is 12.6. The maximum Gasteiger partial charge on any atom is 0.239 e. The molecule has 22 heavy (non-hydrogen) atoms. The Kier molecular flexibility index (Phi) is 5.58. The molecule has 0 spiro atoms. The van der Waals surface area contributed by atoms with Crippen molar-refractivity contribution in [1.29, 1.82) is 0 Å². The minimum atomic E-state index is -0.204. The molecule has 4 atom stereocenters. The molecule has 1 aromatic heterocycles. The summed E-state index contributed by atoms with van der Waals surface area (Å²) >= 11 is 0. The normalized spacial score (nSPS) is 25.0. The second-order valence-electron chi connectivity index (χ2n) is 6.53. The Morgan fingerprint density at radius 1 is 1.41 bits per heavy atom. The third-order valence-electron chi connectivity index (χ3n) is 3.86. The van der Waals surface area contributed by atoms with Gasteiger partial charge in [-0.25, -0.2) is 0 Å². The van der Waals surface area contributed by atoms with Crippen molar-refractivity contribution in [2.75, 3.05) is 13.1 Å². The highest BCUT2D eigenvalue weighted by molar-refractivity contribution is 5.81. The minimum Gasteiger partial charge on any atom is -0.372 e. The Labute approximate surface area is 132 Å². The zero-order valence-electron chi connectivity index (χ0n) is 14.2. The lowest BCUT2D eigenvalue weighted by Gasteiger charge is -2.37. The van der Waals surface area contributed by atoms with Crippen LogP contribution in [-0.4, -0.2) is 58.0 Å². The summed E-state index contributed by atoms with van der Waals surface area (Å²) in [6.07, 6.45) is 4.06. The van der Waals surface area contributed by atoms with Crippen molar-refractivity contribution in [2.24, 2.45) is 0 Å². The summed E-state index contributed by atoms with van der Waals surface area (Å²) in [6, 6.07) is -0.0294. The summed E-state index contributed by atoms with van der Waals surface area (Å²) in [6.45, 7) is 12.1. The fourth-order valence-electron chi connectivity index (χ4n) is 3.03. The molecular formula is C16H28N4O2. The third-order valence-corrected chi connectivity index (χ3v) is 3.86. The smallest absolute Gasteiger partial charge is 0.239 e. The van der Waals surface area contributed by atoms with Gasteiger partial charge in [-0.05, 0) is 40.2 Å². The van der Waals surface area contributed by atoms with Gasteiger partial charge in [0, 0.05) is 25.3 Å². The van der Waals surface area contributed by atoms with Crippen LogP contribution in [0.1, 0.15) is 33.3 Å². The first-order chi connectivity index (χ1) is 10.3. The topological polar surface area (TPSA) is 59.4 Å². The monoisotopic (exact) mass is 308 g/mol. The molecule has 1 amide bonds. The van der Waals surface area contributed by atoms with Gasteiger partial charge in [-0.2, -0.15) is 5.10 Å². The lowest BCUT2D eigenvalue weighted by atomic mass is 10.2. The number of aryl methyl sites for hydroxylation is 1. The number of morpholine rings is 1. The molecule has 1 N–H and O–H groups in total. The van der Waals surface area contributed by atoms with Crippen molar-refractivity contribution in [3.05, 3.63) is 18.0 Å². The molecule has 0 bridgehead atoms. The van der Waals surface area contributed by atoms with Crippen molar-refractivity contribution in [2.45, 2.75) is 65.5 Å². The van der Waals surface area contributed by atoms with Gasteiger partial charge in [-0.15, -0.1) is 0 Å². The summed E-state index contributed by atoms with van der Waals surface area (Å²) in [7, 11) is 0. The molecule has 0 aromatic carbocycles. The van der Waals surface area contributed by atoms with Crippen LogP contribution < -0.4 is 5.32 Å². The summed E-state index contributed by atoms with van der Waals surface area (Å²) in [5.74, 6) is 0.144. The quantitative estimate of drug-likeness (QED) is 0.888. The second kappa shape index (κ2) is 7.24. The Morgan fingerprint density at radius 3 is 2.59 bits per heavy atom. The maximum absolute atomic E-state index is 12.6. The van der Waals surface area contributed by atoms with Crippen LogP contribution in [-0.2, 0) is 16.1 Å². The zero-order chi connectivity index (χ0) is 16.3. The molecule has 1 saturated heterocycles. The molecule has 0 saturated carbocycles. The summed E-state index contributed by atoms with van der Waals surface area (Å²) < 4.78 is 7.59. The fourth-order valence-corrected chi connectivity index (χ4v) is 3.03. The lowest BCUT2D eigenvalue weighted by Crippen LogP contribution is -2.54. The second-order valence-corrected chi connectivity index (χ2v) is 6.53. The molecule has 1 aliphatic heterocycles. The molecule has 6 heteroatoms. The van der Waals surface area contributed by atoms with E-state index >= 15 is 0 Å². The van der Waals surface area contributed by atoms with E-state index in [2.05, 4.69) is 17.3 Å². The molecule has 1 aromatic rings. The average Bonchev–Trinajstić information content (AvgIpc) is 2.81. The Balaban J connectivity index is 1.85. The number of hydrogen-bond acceptors (Lipinski definition) is 4. The van der Waals surface area contributed by atoms with Crippen LogP contribution in [0.4, 0.5) is 0 Å². The number of carbonyl (C=O) groups excluding carboxylic acids is 1. The minimum absolute atomic E-state index is 0.101. The van der Waals surface area contributed by atoms with Crippen LogP contribution in [0.2, 0.25) is 0 Å². The summed E-state index contributed by atoms with van der Waals surface area (Å²) in [5.41, 5.74) is 1.15. The molecule has 6 nitrogen and oxygen atoms in total. The van der Waals surface area contributed by atoms with E-state index in [0.29, 0.717) is 13.1 Å². The number of carbonyl (C=O) groups is 1. The molecule has 2 heterocycles. The molecule has 1 fully saturated rings. The van der Waals surface area contributed by atoms with Crippen LogP contribution in [0.5, 0.6) is 0 Å². The van der Waals surface area contributed by atoms with Crippen molar-refractivity contribution >= 4 is 5.91 Å². The average molecular weight is 308 g/mol. The number of hydrogen-bond donors (Lipinski definition) is 1. The zero-order valence-corrected chi connectivity index (χ0v) is 14.2. The third kappa shape index (κ3) is 4.55. The number of ether oxygens (including phenoxy) is 1. The van der Waals surface area contributed by atoms with Crippen molar-refractivity contribution < 1.29 is 9.53 Å². The molecule has 0 aliphatic carbocycles. The molecule has 2 rings (SSSR count). The van der Waals surface area contributed by atoms with Crippen LogP contribution in [0.15, 0.2) is 12.4 Å². The van der Waals surface area contributed by atoms with Crippen LogP contribution in [0.3, 0.4) is 0 Å². The number of nitrogens with one attached hydrogen (secondary N) is 1. The molecule has 0 unspecified atom stereocenters. The number of amides is 1. The van der Waals surface area contributed by atoms with E-state index in [1.54, 1.807) is 0 Å². The van der Waals surface area contributed by atoms with Crippen molar-refractivity contribution in [1.82, 2.24) is 20.0 Å². The Morgan fingerprint density at radius 2 is 2.05 bits per heavy atom. The summed E-state index contributed by atoms with van der Waals surface area (Å²) in [4.78, 5) is 14.5. The van der Waals surface area contributed by atoms with Crippen LogP contribution in [0.25, 0.3) is 0 Å². The van der Waals surface area contributed by atoms with Crippen molar-refractivity contribution in [3.63, 3.8) is 0 Å². The van der Waals surface area contributed by atoms with E-state index in [-0.39, 0.29) is 30.2 Å². The van der Waals surface area contributed by atoms with E-state index in [4.69, 9.17) is 4.74 Å². The predicted octanol–water partition coefficient (Wildman–Crippen LogP) is 1.19. The molecule has 1 aliphatic rings. The fraction of sp³-hybridized carbons (Fsp3) is 0.750. The van der Waals surface area contributed by atoms with E-state index in [1.807, 2.05) is 49.7 Å². The molecule has 0 radical (unpaired) electrons. The van der Waals surface area contributed by atoms with Crippen LogP contribution in [0, 0.1) is 6.92 Å². The van der Waals surface area contributed by atoms with Crippen molar-refractivity contribution in [3.8, 4) is 0 Å². The first-order valence-corrected chi connectivity index (χ1v) is 8.04. The first-order valence-electron chi connectivity index (χ1n) is 8.04. The number of rotatable bonds is 5. The van der Waals surface area contributed by atoms with E-state index in [1.165, 1.54) is 0 Å². The van der Waals surface area contributed by atoms with Gasteiger partial charge >= 0.3 is 0 Å². The highest BCUT2D eigenvalue weighted by atomic mass is 16.5. The van der Waals surface area contributed by atoms with Gasteiger partial charge in [-0.3, -0.25) is 9.48 Å². The van der Waals surface area contributed by atoms with Crippen LogP contribution >= 0.6 is 0 Å². The standard InChI is InChI=1S/C16H28N4O2/c1-11-6-17-20(7-11)8-12(2)18-15(5)16(21)19-9-13(3)22-14(4)10-19/h6-7,12-15,18H,8-10H2,1-5H3/t12-,13-,14+,15+/m0/s1. The highest BCUT2D eigenvalue weighted by Gasteiger charge is 2.29. The van der Waals surface area contributed by atoms with Gasteiger partial charge < -0.3 is 15.0 Å². The van der Waals surface area contributed by atoms with Gasteiger partial charge in [0.15, 0.2) is 0 Å². The summed E-state index contributed by atoms with van der Waals surface area (Å²) in [5, 5.41) is 7.65. The number of nitrogens with zero attached hydrogens (tertiary/aromatic N) is 3. The van der Waals surface area contributed by atoms with E-state index in [9.17, 15) is 4.79 Å². The van der Waals surface area contributed by atoms with Gasteiger partial charge in [0.1, 0.15) is 0 Å². The van der Waals surface area contributed by atoms with E-state index in [0.717, 1.165) is 12.1 Å². The lowest BCUT2D eigenvalue weighted by molar-refractivity contribution is -0.145. The van der Waals surface area contributed by atoms with Gasteiger partial charge in [-0.1, -0.05) is 0 Å². The molecule has 124 valence electrons. The highest BCUT2D eigenvalue weighted by Crippen LogP contribution is 2.12.